The van der Waals surface area contributed by atoms with Gasteiger partial charge < -0.3 is 20.7 Å². The van der Waals surface area contributed by atoms with Crippen molar-refractivity contribution >= 4 is 23.6 Å². The van der Waals surface area contributed by atoms with Gasteiger partial charge in [0, 0.05) is 37.1 Å². The second-order valence-corrected chi connectivity index (χ2v) is 7.00. The zero-order valence-electron chi connectivity index (χ0n) is 16.8. The Balaban J connectivity index is 1.75. The fourth-order valence-corrected chi connectivity index (χ4v) is 3.30. The summed E-state index contributed by atoms with van der Waals surface area (Å²) in [4.78, 5) is 17.6. The Morgan fingerprint density at radius 3 is 2.43 bits per heavy atom. The minimum atomic E-state index is -0.114. The second-order valence-electron chi connectivity index (χ2n) is 6.15. The van der Waals surface area contributed by atoms with Gasteiger partial charge in [-0.1, -0.05) is 12.1 Å². The van der Waals surface area contributed by atoms with Crippen LogP contribution in [0.5, 0.6) is 5.75 Å². The van der Waals surface area contributed by atoms with Crippen molar-refractivity contribution in [3.63, 3.8) is 0 Å². The smallest absolute Gasteiger partial charge is 0.251 e. The van der Waals surface area contributed by atoms with Gasteiger partial charge in [0.2, 0.25) is 0 Å². The van der Waals surface area contributed by atoms with Crippen molar-refractivity contribution in [2.45, 2.75) is 18.4 Å². The summed E-state index contributed by atoms with van der Waals surface area (Å²) in [5.74, 6) is 1.31. The Bertz CT molecular complexity index is 807. The highest BCUT2D eigenvalue weighted by molar-refractivity contribution is 7.98. The molecule has 150 valence electrons. The molecule has 6 nitrogen and oxygen atoms in total. The van der Waals surface area contributed by atoms with Gasteiger partial charge in [-0.3, -0.25) is 9.79 Å². The van der Waals surface area contributed by atoms with Crippen LogP contribution in [0.2, 0.25) is 0 Å². The van der Waals surface area contributed by atoms with Crippen molar-refractivity contribution in [2.24, 2.45) is 4.99 Å². The van der Waals surface area contributed by atoms with Gasteiger partial charge in [0.25, 0.3) is 5.91 Å². The number of aliphatic imine (C=N–C) groups is 1. The largest absolute Gasteiger partial charge is 0.497 e. The molecule has 0 atom stereocenters. The van der Waals surface area contributed by atoms with Gasteiger partial charge in [-0.15, -0.1) is 11.8 Å². The number of nitrogens with one attached hydrogen (secondary N) is 3. The van der Waals surface area contributed by atoms with Crippen molar-refractivity contribution in [1.29, 1.82) is 0 Å². The average Bonchev–Trinajstić information content (AvgIpc) is 2.73. The maximum atomic E-state index is 12.1. The summed E-state index contributed by atoms with van der Waals surface area (Å²) in [6.45, 7) is 3.85. The zero-order chi connectivity index (χ0) is 20.4. The first-order valence-electron chi connectivity index (χ1n) is 9.07. The van der Waals surface area contributed by atoms with Crippen molar-refractivity contribution in [3.05, 3.63) is 59.2 Å². The van der Waals surface area contributed by atoms with Crippen molar-refractivity contribution < 1.29 is 9.53 Å². The third kappa shape index (κ3) is 6.49. The number of hydrogen-bond donors (Lipinski definition) is 3. The first kappa shape index (κ1) is 21.6. The normalized spacial score (nSPS) is 11.1. The quantitative estimate of drug-likeness (QED) is 0.275. The van der Waals surface area contributed by atoms with E-state index in [-0.39, 0.29) is 5.91 Å². The van der Waals surface area contributed by atoms with Gasteiger partial charge in [0.05, 0.1) is 7.11 Å². The van der Waals surface area contributed by atoms with Crippen LogP contribution >= 0.6 is 11.8 Å². The summed E-state index contributed by atoms with van der Waals surface area (Å²) in [6, 6.07) is 13.5. The Kier molecular flexibility index (Phi) is 8.68. The highest BCUT2D eigenvalue weighted by Crippen LogP contribution is 2.21. The minimum Gasteiger partial charge on any atom is -0.497 e. The number of benzene rings is 2. The first-order chi connectivity index (χ1) is 13.6. The number of rotatable bonds is 8. The van der Waals surface area contributed by atoms with Crippen molar-refractivity contribution in [1.82, 2.24) is 16.0 Å². The first-order valence-corrected chi connectivity index (χ1v) is 10.3. The summed E-state index contributed by atoms with van der Waals surface area (Å²) in [5, 5.41) is 9.41. The summed E-state index contributed by atoms with van der Waals surface area (Å²) in [5.41, 5.74) is 3.09. The Labute approximate surface area is 171 Å². The number of aryl methyl sites for hydroxylation is 1. The van der Waals surface area contributed by atoms with E-state index in [0.717, 1.165) is 5.75 Å². The van der Waals surface area contributed by atoms with E-state index in [1.807, 2.05) is 0 Å². The van der Waals surface area contributed by atoms with Crippen LogP contribution < -0.4 is 20.7 Å². The third-order valence-corrected chi connectivity index (χ3v) is 4.99. The van der Waals surface area contributed by atoms with Crippen LogP contribution in [0.25, 0.3) is 0 Å². The summed E-state index contributed by atoms with van der Waals surface area (Å²) >= 11 is 1.74. The van der Waals surface area contributed by atoms with E-state index in [9.17, 15) is 4.79 Å². The maximum Gasteiger partial charge on any atom is 0.251 e. The molecule has 2 aromatic carbocycles. The van der Waals surface area contributed by atoms with E-state index in [4.69, 9.17) is 4.74 Å². The number of amides is 1. The number of carbonyl (C=O) groups is 1. The predicted octanol–water partition coefficient (Wildman–Crippen LogP) is 2.82. The van der Waals surface area contributed by atoms with Crippen LogP contribution in [-0.2, 0) is 6.54 Å². The molecule has 0 bridgehead atoms. The summed E-state index contributed by atoms with van der Waals surface area (Å²) in [6.07, 6.45) is 2.08. The molecule has 7 heteroatoms. The fraction of sp³-hybridized carbons (Fsp3) is 0.333. The number of thioether (sulfide) groups is 1. The van der Waals surface area contributed by atoms with E-state index >= 15 is 0 Å². The number of hydrogen-bond acceptors (Lipinski definition) is 4. The third-order valence-electron chi connectivity index (χ3n) is 4.17. The molecule has 0 heterocycles. The molecule has 2 aromatic rings. The Hall–Kier alpha value is -2.67. The van der Waals surface area contributed by atoms with Gasteiger partial charge in [-0.25, -0.2) is 0 Å². The number of ether oxygens (including phenoxy) is 1. The second kappa shape index (κ2) is 11.2. The summed E-state index contributed by atoms with van der Waals surface area (Å²) in [7, 11) is 3.33. The van der Waals surface area contributed by atoms with Crippen molar-refractivity contribution in [3.8, 4) is 5.75 Å². The van der Waals surface area contributed by atoms with Crippen LogP contribution in [0.15, 0.2) is 52.4 Å². The molecule has 0 aliphatic carbocycles. The summed E-state index contributed by atoms with van der Waals surface area (Å²) < 4.78 is 5.10. The molecule has 0 unspecified atom stereocenters. The molecule has 3 N–H and O–H groups in total. The Morgan fingerprint density at radius 1 is 1.07 bits per heavy atom. The van der Waals surface area contributed by atoms with Crippen LogP contribution in [0.4, 0.5) is 0 Å². The van der Waals surface area contributed by atoms with Crippen molar-refractivity contribution in [2.75, 3.05) is 33.5 Å². The van der Waals surface area contributed by atoms with E-state index in [1.165, 1.54) is 16.0 Å². The minimum absolute atomic E-state index is 0.114. The molecular formula is C21H28N4O2S. The molecule has 0 aliphatic heterocycles. The van der Waals surface area contributed by atoms with E-state index in [0.29, 0.717) is 31.2 Å². The fourth-order valence-electron chi connectivity index (χ4n) is 2.60. The molecule has 2 rings (SSSR count). The number of carbonyl (C=O) groups excluding carboxylic acids is 1. The van der Waals surface area contributed by atoms with Gasteiger partial charge in [0.1, 0.15) is 5.75 Å². The average molecular weight is 401 g/mol. The number of nitrogens with zero attached hydrogens (tertiary/aromatic N) is 1. The van der Waals surface area contributed by atoms with E-state index < -0.39 is 0 Å². The SMILES string of the molecule is CN=C(NCCNC(=O)c1ccc(OC)cc1)NCc1ccc(C)cc1SC. The Morgan fingerprint density at radius 2 is 1.79 bits per heavy atom. The van der Waals surface area contributed by atoms with Crippen LogP contribution in [0.1, 0.15) is 21.5 Å². The van der Waals surface area contributed by atoms with Gasteiger partial charge in [0.15, 0.2) is 5.96 Å². The lowest BCUT2D eigenvalue weighted by Gasteiger charge is -2.14. The lowest BCUT2D eigenvalue weighted by molar-refractivity contribution is 0.0954. The molecular weight excluding hydrogens is 372 g/mol. The van der Waals surface area contributed by atoms with Crippen LogP contribution in [0, 0.1) is 6.92 Å². The molecule has 0 spiro atoms. The number of methoxy groups -OCH3 is 1. The van der Waals surface area contributed by atoms with Crippen LogP contribution in [-0.4, -0.2) is 45.4 Å². The van der Waals surface area contributed by atoms with Crippen LogP contribution in [0.3, 0.4) is 0 Å². The lowest BCUT2D eigenvalue weighted by Crippen LogP contribution is -2.41. The van der Waals surface area contributed by atoms with E-state index in [2.05, 4.69) is 52.3 Å². The number of guanidine groups is 1. The predicted molar refractivity (Wildman–Crippen MR) is 116 cm³/mol. The maximum absolute atomic E-state index is 12.1. The molecule has 28 heavy (non-hydrogen) atoms. The highest BCUT2D eigenvalue weighted by atomic mass is 32.2. The van der Waals surface area contributed by atoms with E-state index in [1.54, 1.807) is 50.2 Å². The molecule has 0 aliphatic rings. The molecule has 0 saturated carbocycles. The zero-order valence-corrected chi connectivity index (χ0v) is 17.7. The lowest BCUT2D eigenvalue weighted by atomic mass is 10.1. The van der Waals surface area contributed by atoms with Gasteiger partial charge in [-0.2, -0.15) is 0 Å². The van der Waals surface area contributed by atoms with Gasteiger partial charge >= 0.3 is 0 Å². The van der Waals surface area contributed by atoms with Gasteiger partial charge in [-0.05, 0) is 54.6 Å². The highest BCUT2D eigenvalue weighted by Gasteiger charge is 2.06. The molecule has 0 fully saturated rings. The molecule has 0 radical (unpaired) electrons. The molecule has 0 aromatic heterocycles. The molecule has 0 saturated heterocycles. The topological polar surface area (TPSA) is 74.8 Å². The standard InChI is InChI=1S/C21H28N4O2S/c1-15-5-6-17(19(13-15)28-4)14-25-21(22-2)24-12-11-23-20(26)16-7-9-18(27-3)10-8-16/h5-10,13H,11-12,14H2,1-4H3,(H,23,26)(H2,22,24,25). The monoisotopic (exact) mass is 400 g/mol. The molecule has 1 amide bonds.